The van der Waals surface area contributed by atoms with Gasteiger partial charge >= 0.3 is 19.9 Å². The average Bonchev–Trinajstić information content (AvgIpc) is 3.48. The third kappa shape index (κ3) is 9.12. The van der Waals surface area contributed by atoms with Gasteiger partial charge in [-0.3, -0.25) is 13.6 Å². The van der Waals surface area contributed by atoms with Crippen LogP contribution in [-0.2, 0) is 43.7 Å². The first-order valence-corrected chi connectivity index (χ1v) is 14.0. The summed E-state index contributed by atoms with van der Waals surface area (Å²) in [5.74, 6) is 0.409. The highest BCUT2D eigenvalue weighted by atomic mass is 31.2. The second-order valence-corrected chi connectivity index (χ2v) is 11.3. The molecule has 0 spiro atoms. The molecule has 212 valence electrons. The Balaban J connectivity index is 1.52. The maximum absolute atomic E-state index is 13.3. The molecule has 2 aromatic heterocycles. The maximum Gasteiger partial charge on any atom is 0.510 e. The molecule has 0 saturated heterocycles. The zero-order valence-electron chi connectivity index (χ0n) is 22.0. The van der Waals surface area contributed by atoms with Crippen LogP contribution in [0.3, 0.4) is 0 Å². The summed E-state index contributed by atoms with van der Waals surface area (Å²) >= 11 is 0. The number of nitrogen functional groups attached to an aromatic ring is 1. The molecule has 0 bridgehead atoms. The summed E-state index contributed by atoms with van der Waals surface area (Å²) in [5.41, 5.74) is 7.13. The van der Waals surface area contributed by atoms with Crippen LogP contribution in [0.15, 0.2) is 18.5 Å². The van der Waals surface area contributed by atoms with Crippen LogP contribution in [0.1, 0.15) is 59.1 Å². The van der Waals surface area contributed by atoms with Crippen molar-refractivity contribution in [2.45, 2.75) is 77.6 Å². The van der Waals surface area contributed by atoms with Crippen LogP contribution in [0.4, 0.5) is 15.4 Å². The lowest BCUT2D eigenvalue weighted by Gasteiger charge is -2.22. The van der Waals surface area contributed by atoms with Crippen LogP contribution in [0.2, 0.25) is 0 Å². The van der Waals surface area contributed by atoms with Crippen LogP contribution >= 0.6 is 7.60 Å². The highest BCUT2D eigenvalue weighted by Gasteiger charge is 2.45. The smallest absolute Gasteiger partial charge is 0.432 e. The standard InChI is InChI=1S/C23H35N4O10P/c1-16(2)36-21(28)31-13-34-38(30,35-14-32-22(29)37-17(3)4)15-33-23(10-11-23)9-5-6-18-7-8-19-20(24)25-12-26-27(18)19/h7-8,12,16-17H,5-6,9-11,13-15H2,1-4H3,(H2,24,25,26). The second-order valence-electron chi connectivity index (χ2n) is 9.30. The van der Waals surface area contributed by atoms with Gasteiger partial charge in [0.2, 0.25) is 13.6 Å². The van der Waals surface area contributed by atoms with Crippen molar-refractivity contribution < 1.29 is 46.9 Å². The number of carbonyl (C=O) groups is 2. The molecule has 0 aromatic carbocycles. The Hall–Kier alpha value is -2.93. The van der Waals surface area contributed by atoms with Gasteiger partial charge < -0.3 is 29.4 Å². The zero-order valence-corrected chi connectivity index (χ0v) is 22.9. The summed E-state index contributed by atoms with van der Waals surface area (Å²) < 4.78 is 50.7. The van der Waals surface area contributed by atoms with Crippen LogP contribution in [0, 0.1) is 0 Å². The minimum Gasteiger partial charge on any atom is -0.432 e. The minimum absolute atomic E-state index is 0.404. The van der Waals surface area contributed by atoms with E-state index in [2.05, 4.69) is 10.1 Å². The van der Waals surface area contributed by atoms with E-state index < -0.39 is 57.6 Å². The third-order valence-electron chi connectivity index (χ3n) is 5.48. The van der Waals surface area contributed by atoms with Crippen LogP contribution in [-0.4, -0.2) is 64.7 Å². The Morgan fingerprint density at radius 2 is 1.66 bits per heavy atom. The number of carbonyl (C=O) groups excluding carboxylic acids is 2. The lowest BCUT2D eigenvalue weighted by Crippen LogP contribution is -2.20. The quantitative estimate of drug-likeness (QED) is 0.185. The Labute approximate surface area is 220 Å². The summed E-state index contributed by atoms with van der Waals surface area (Å²) in [6.07, 6.45) is 1.90. The molecular weight excluding hydrogens is 523 g/mol. The average molecular weight is 559 g/mol. The highest BCUT2D eigenvalue weighted by molar-refractivity contribution is 7.53. The molecule has 1 fully saturated rings. The molecule has 38 heavy (non-hydrogen) atoms. The fourth-order valence-electron chi connectivity index (χ4n) is 3.48. The van der Waals surface area contributed by atoms with Gasteiger partial charge in [0.05, 0.1) is 17.8 Å². The molecule has 1 saturated carbocycles. The van der Waals surface area contributed by atoms with Crippen molar-refractivity contribution in [2.75, 3.05) is 25.7 Å². The summed E-state index contributed by atoms with van der Waals surface area (Å²) in [7, 11) is -4.00. The SMILES string of the molecule is CC(C)OC(=O)OCOP(=O)(COC1(CCCc2ccc3c(N)ncnn23)CC1)OCOC(=O)OC(C)C. The molecule has 2 aromatic rings. The number of fused-ring (bicyclic) bond motifs is 1. The zero-order chi connectivity index (χ0) is 27.8. The fourth-order valence-corrected chi connectivity index (χ4v) is 4.57. The Kier molecular flexibility index (Phi) is 10.3. The lowest BCUT2D eigenvalue weighted by atomic mass is 10.1. The molecule has 0 unspecified atom stereocenters. The van der Waals surface area contributed by atoms with Crippen molar-refractivity contribution in [3.63, 3.8) is 0 Å². The number of hydrogen-bond donors (Lipinski definition) is 1. The number of anilines is 1. The Bertz CT molecular complexity index is 1100. The predicted molar refractivity (Wildman–Crippen MR) is 133 cm³/mol. The first-order chi connectivity index (χ1) is 18.0. The van der Waals surface area contributed by atoms with E-state index in [1.807, 2.05) is 12.1 Å². The first kappa shape index (κ1) is 29.6. The number of ether oxygens (including phenoxy) is 5. The molecule has 0 radical (unpaired) electrons. The van der Waals surface area contributed by atoms with Gasteiger partial charge in [-0.15, -0.1) is 0 Å². The van der Waals surface area contributed by atoms with Gasteiger partial charge in [0.15, 0.2) is 5.82 Å². The van der Waals surface area contributed by atoms with E-state index in [-0.39, 0.29) is 0 Å². The van der Waals surface area contributed by atoms with Gasteiger partial charge in [-0.1, -0.05) is 0 Å². The van der Waals surface area contributed by atoms with Crippen molar-refractivity contribution in [2.24, 2.45) is 0 Å². The van der Waals surface area contributed by atoms with Gasteiger partial charge in [0, 0.05) is 5.69 Å². The molecule has 14 nitrogen and oxygen atoms in total. The molecule has 1 aliphatic carbocycles. The summed E-state index contributed by atoms with van der Waals surface area (Å²) in [4.78, 5) is 27.2. The molecule has 0 amide bonds. The summed E-state index contributed by atoms with van der Waals surface area (Å²) in [6.45, 7) is 5.18. The van der Waals surface area contributed by atoms with Gasteiger partial charge in [0.25, 0.3) is 0 Å². The van der Waals surface area contributed by atoms with Crippen molar-refractivity contribution in [3.8, 4) is 0 Å². The topological polar surface area (TPSA) is 172 Å². The molecule has 1 aliphatic rings. The van der Waals surface area contributed by atoms with E-state index in [1.165, 1.54) is 6.33 Å². The van der Waals surface area contributed by atoms with Crippen LogP contribution in [0.25, 0.3) is 5.52 Å². The lowest BCUT2D eigenvalue weighted by molar-refractivity contribution is -0.0391. The van der Waals surface area contributed by atoms with Crippen molar-refractivity contribution in [1.29, 1.82) is 0 Å². The molecule has 0 atom stereocenters. The minimum atomic E-state index is -4.00. The predicted octanol–water partition coefficient (Wildman–Crippen LogP) is 4.41. The van der Waals surface area contributed by atoms with Crippen LogP contribution < -0.4 is 5.73 Å². The fraction of sp³-hybridized carbons (Fsp3) is 0.652. The first-order valence-electron chi connectivity index (χ1n) is 12.3. The molecule has 15 heteroatoms. The van der Waals surface area contributed by atoms with E-state index in [1.54, 1.807) is 32.2 Å². The number of hydrogen-bond acceptors (Lipinski definition) is 13. The van der Waals surface area contributed by atoms with E-state index in [4.69, 9.17) is 38.5 Å². The number of nitrogens with zero attached hydrogens (tertiary/aromatic N) is 3. The van der Waals surface area contributed by atoms with E-state index >= 15 is 0 Å². The number of rotatable bonds is 15. The van der Waals surface area contributed by atoms with E-state index in [9.17, 15) is 14.2 Å². The highest BCUT2D eigenvalue weighted by Crippen LogP contribution is 2.53. The second kappa shape index (κ2) is 13.2. The molecular formula is C23H35N4O10P. The van der Waals surface area contributed by atoms with Crippen molar-refractivity contribution in [3.05, 3.63) is 24.2 Å². The number of aromatic nitrogens is 3. The number of aryl methyl sites for hydroxylation is 1. The molecule has 3 rings (SSSR count). The van der Waals surface area contributed by atoms with Crippen LogP contribution in [0.5, 0.6) is 0 Å². The monoisotopic (exact) mass is 558 g/mol. The van der Waals surface area contributed by atoms with Crippen molar-refractivity contribution in [1.82, 2.24) is 14.6 Å². The third-order valence-corrected chi connectivity index (χ3v) is 6.92. The van der Waals surface area contributed by atoms with E-state index in [0.29, 0.717) is 12.2 Å². The molecule has 2 heterocycles. The van der Waals surface area contributed by atoms with Gasteiger partial charge in [-0.25, -0.2) is 19.1 Å². The van der Waals surface area contributed by atoms with Gasteiger partial charge in [-0.05, 0) is 71.9 Å². The van der Waals surface area contributed by atoms with E-state index in [0.717, 1.165) is 36.9 Å². The number of nitrogens with two attached hydrogens (primary N) is 1. The molecule has 2 N–H and O–H groups in total. The normalized spacial score (nSPS) is 14.6. The molecule has 0 aliphatic heterocycles. The van der Waals surface area contributed by atoms with Gasteiger partial charge in [0.1, 0.15) is 18.2 Å². The summed E-state index contributed by atoms with van der Waals surface area (Å²) in [6, 6.07) is 3.82. The van der Waals surface area contributed by atoms with Crippen molar-refractivity contribution >= 4 is 31.2 Å². The van der Waals surface area contributed by atoms with Gasteiger partial charge in [-0.2, -0.15) is 5.10 Å². The Morgan fingerprint density at radius 3 is 2.21 bits per heavy atom. The summed E-state index contributed by atoms with van der Waals surface area (Å²) in [5, 5.41) is 4.25. The largest absolute Gasteiger partial charge is 0.510 e. The maximum atomic E-state index is 13.3. The Morgan fingerprint density at radius 1 is 1.05 bits per heavy atom.